The third-order valence-corrected chi connectivity index (χ3v) is 8.36. The Morgan fingerprint density at radius 2 is 2.03 bits per heavy atom. The van der Waals surface area contributed by atoms with Crippen molar-refractivity contribution in [3.63, 3.8) is 0 Å². The molecule has 1 aromatic carbocycles. The largest absolute Gasteiger partial charge is 0.459 e. The Balaban J connectivity index is 1.71. The molecule has 4 aliphatic rings. The fraction of sp³-hybridized carbons (Fsp3) is 0.600. The van der Waals surface area contributed by atoms with Crippen molar-refractivity contribution in [2.45, 2.75) is 70.6 Å². The number of aliphatic hydroxyl groups is 2. The van der Waals surface area contributed by atoms with Crippen LogP contribution in [0.5, 0.6) is 0 Å². The number of hydrogen-bond donors (Lipinski definition) is 2. The van der Waals surface area contributed by atoms with Gasteiger partial charge in [0.15, 0.2) is 0 Å². The van der Waals surface area contributed by atoms with Gasteiger partial charge >= 0.3 is 11.9 Å². The molecule has 2 aliphatic heterocycles. The summed E-state index contributed by atoms with van der Waals surface area (Å²) in [5.74, 6) is -4.78. The van der Waals surface area contributed by atoms with E-state index in [9.17, 15) is 19.8 Å². The highest BCUT2D eigenvalue weighted by molar-refractivity contribution is 5.82. The minimum atomic E-state index is -1.89. The highest BCUT2D eigenvalue weighted by Gasteiger charge is 2.78. The van der Waals surface area contributed by atoms with Gasteiger partial charge < -0.3 is 24.4 Å². The number of rotatable bonds is 3. The van der Waals surface area contributed by atoms with E-state index >= 15 is 0 Å². The molecule has 1 saturated carbocycles. The monoisotopic (exact) mass is 442 g/mol. The van der Waals surface area contributed by atoms with Gasteiger partial charge in [-0.2, -0.15) is 0 Å². The van der Waals surface area contributed by atoms with E-state index in [2.05, 4.69) is 6.58 Å². The summed E-state index contributed by atoms with van der Waals surface area (Å²) in [6, 6.07) is 4.00. The van der Waals surface area contributed by atoms with Gasteiger partial charge in [0.05, 0.1) is 23.9 Å². The van der Waals surface area contributed by atoms with Gasteiger partial charge in [-0.25, -0.2) is 4.79 Å². The number of esters is 2. The van der Waals surface area contributed by atoms with Gasteiger partial charge in [0.25, 0.3) is 0 Å². The summed E-state index contributed by atoms with van der Waals surface area (Å²) in [7, 11) is 0. The molecule has 172 valence electrons. The van der Waals surface area contributed by atoms with Gasteiger partial charge in [-0.1, -0.05) is 32.6 Å². The molecule has 1 aromatic rings. The Morgan fingerprint density at radius 1 is 1.34 bits per heavy atom. The Hall–Kier alpha value is -2.22. The molecule has 8 atom stereocenters. The van der Waals surface area contributed by atoms with E-state index in [1.807, 2.05) is 32.9 Å². The number of aliphatic hydroxyl groups excluding tert-OH is 1. The molecular weight excluding hydrogens is 412 g/mol. The molecule has 1 spiro atoms. The van der Waals surface area contributed by atoms with E-state index in [0.717, 1.165) is 22.3 Å². The number of ether oxygens (including phenoxy) is 3. The van der Waals surface area contributed by atoms with Crippen molar-refractivity contribution in [1.29, 1.82) is 0 Å². The molecule has 2 aliphatic carbocycles. The van der Waals surface area contributed by atoms with Gasteiger partial charge in [0, 0.05) is 12.3 Å². The number of aryl methyl sites for hydroxylation is 2. The highest BCUT2D eigenvalue weighted by Crippen LogP contribution is 2.69. The number of carbonyl (C=O) groups is 2. The Kier molecular flexibility index (Phi) is 4.65. The Morgan fingerprint density at radius 3 is 2.72 bits per heavy atom. The molecule has 3 fully saturated rings. The fourth-order valence-corrected chi connectivity index (χ4v) is 6.47. The third kappa shape index (κ3) is 2.47. The molecule has 2 bridgehead atoms. The summed E-state index contributed by atoms with van der Waals surface area (Å²) >= 11 is 0. The minimum Gasteiger partial charge on any atom is -0.459 e. The molecule has 7 heteroatoms. The van der Waals surface area contributed by atoms with Crippen molar-refractivity contribution in [3.05, 3.63) is 46.5 Å². The second-order valence-corrected chi connectivity index (χ2v) is 9.93. The minimum absolute atomic E-state index is 0.0665. The second kappa shape index (κ2) is 6.89. The Labute approximate surface area is 187 Å². The third-order valence-electron chi connectivity index (χ3n) is 8.36. The van der Waals surface area contributed by atoms with Crippen LogP contribution in [0.4, 0.5) is 0 Å². The van der Waals surface area contributed by atoms with Crippen LogP contribution in [0.3, 0.4) is 0 Å². The summed E-state index contributed by atoms with van der Waals surface area (Å²) in [5, 5.41) is 22.8. The van der Waals surface area contributed by atoms with E-state index in [4.69, 9.17) is 14.2 Å². The van der Waals surface area contributed by atoms with E-state index < -0.39 is 53.3 Å². The van der Waals surface area contributed by atoms with Crippen LogP contribution in [-0.4, -0.2) is 52.9 Å². The maximum absolute atomic E-state index is 13.1. The van der Waals surface area contributed by atoms with Gasteiger partial charge in [-0.05, 0) is 48.1 Å². The van der Waals surface area contributed by atoms with E-state index in [0.29, 0.717) is 12.8 Å². The van der Waals surface area contributed by atoms with Crippen LogP contribution in [0.2, 0.25) is 0 Å². The van der Waals surface area contributed by atoms with Crippen molar-refractivity contribution in [3.8, 4) is 0 Å². The van der Waals surface area contributed by atoms with Gasteiger partial charge in [-0.15, -0.1) is 0 Å². The van der Waals surface area contributed by atoms with E-state index in [1.165, 1.54) is 0 Å². The molecule has 8 unspecified atom stereocenters. The quantitative estimate of drug-likeness (QED) is 0.546. The molecule has 0 amide bonds. The lowest BCUT2D eigenvalue weighted by Gasteiger charge is -2.59. The first kappa shape index (κ1) is 21.6. The van der Waals surface area contributed by atoms with Crippen LogP contribution in [0.25, 0.3) is 0 Å². The topological polar surface area (TPSA) is 102 Å². The molecule has 7 nitrogen and oxygen atoms in total. The second-order valence-electron chi connectivity index (χ2n) is 9.93. The first-order valence-electron chi connectivity index (χ1n) is 11.3. The van der Waals surface area contributed by atoms with E-state index in [-0.39, 0.29) is 18.1 Å². The van der Waals surface area contributed by atoms with Crippen molar-refractivity contribution in [2.75, 3.05) is 6.61 Å². The number of carbonyl (C=O) groups excluding carboxylic acids is 2. The van der Waals surface area contributed by atoms with Crippen molar-refractivity contribution in [2.24, 2.45) is 17.3 Å². The zero-order valence-electron chi connectivity index (χ0n) is 18.9. The van der Waals surface area contributed by atoms with Gasteiger partial charge in [0.1, 0.15) is 12.2 Å². The van der Waals surface area contributed by atoms with Crippen LogP contribution in [0.1, 0.15) is 48.4 Å². The number of fused-ring (bicyclic) bond motifs is 1. The molecule has 2 heterocycles. The average Bonchev–Trinajstić information content (AvgIpc) is 3.04. The predicted octanol–water partition coefficient (Wildman–Crippen LogP) is 2.08. The average molecular weight is 443 g/mol. The molecule has 2 N–H and O–H groups in total. The van der Waals surface area contributed by atoms with Crippen molar-refractivity contribution >= 4 is 11.9 Å². The van der Waals surface area contributed by atoms with Crippen molar-refractivity contribution < 1.29 is 34.0 Å². The molecule has 0 aromatic heterocycles. The zero-order chi connectivity index (χ0) is 23.2. The first-order chi connectivity index (χ1) is 15.1. The predicted molar refractivity (Wildman–Crippen MR) is 114 cm³/mol. The van der Waals surface area contributed by atoms with Crippen LogP contribution in [0.15, 0.2) is 24.3 Å². The summed E-state index contributed by atoms with van der Waals surface area (Å²) in [6.45, 7) is 11.7. The van der Waals surface area contributed by atoms with Crippen LogP contribution >= 0.6 is 0 Å². The maximum Gasteiger partial charge on any atom is 0.348 e. The van der Waals surface area contributed by atoms with Crippen LogP contribution in [-0.2, 0) is 30.2 Å². The summed E-state index contributed by atoms with van der Waals surface area (Å²) in [4.78, 5) is 25.8. The number of benzene rings is 1. The van der Waals surface area contributed by atoms with E-state index in [1.54, 1.807) is 6.92 Å². The lowest BCUT2D eigenvalue weighted by molar-refractivity contribution is -0.247. The fourth-order valence-electron chi connectivity index (χ4n) is 6.47. The summed E-state index contributed by atoms with van der Waals surface area (Å²) < 4.78 is 17.6. The lowest BCUT2D eigenvalue weighted by atomic mass is 9.47. The van der Waals surface area contributed by atoms with Crippen LogP contribution < -0.4 is 0 Å². The molecule has 2 saturated heterocycles. The standard InChI is InChI=1S/C25H30O7/c1-6-11(2)22(27)32-19-18-14(5)21(26)25(29)20-17-13(4)8-7-12(3)15(17)9-16(31-23(19)28)24(18,20)10-30-25/h7-8,11,16,18-21,26,29H,5-6,9-10H2,1-4H3. The molecule has 32 heavy (non-hydrogen) atoms. The highest BCUT2D eigenvalue weighted by atomic mass is 16.7. The SMILES string of the molecule is C=C1C(O)C2(O)OCC34C(Cc5c(C)ccc(C)c5C23)OC(=O)C(OC(=O)C(C)CC)C14. The zero-order valence-corrected chi connectivity index (χ0v) is 18.9. The van der Waals surface area contributed by atoms with Crippen molar-refractivity contribution in [1.82, 2.24) is 0 Å². The molecule has 5 rings (SSSR count). The Bertz CT molecular complexity index is 1030. The lowest BCUT2D eigenvalue weighted by Crippen LogP contribution is -2.69. The van der Waals surface area contributed by atoms with Gasteiger partial charge in [-0.3, -0.25) is 4.79 Å². The number of hydrogen-bond acceptors (Lipinski definition) is 7. The summed E-state index contributed by atoms with van der Waals surface area (Å²) in [6.07, 6.45) is -2.23. The van der Waals surface area contributed by atoms with Crippen LogP contribution in [0, 0.1) is 31.1 Å². The normalized spacial score (nSPS) is 40.2. The maximum atomic E-state index is 13.1. The molecule has 0 radical (unpaired) electrons. The first-order valence-corrected chi connectivity index (χ1v) is 11.3. The smallest absolute Gasteiger partial charge is 0.348 e. The van der Waals surface area contributed by atoms with Gasteiger partial charge in [0.2, 0.25) is 11.9 Å². The molecular formula is C25H30O7. The summed E-state index contributed by atoms with van der Waals surface area (Å²) in [5.41, 5.74) is 3.29.